The van der Waals surface area contributed by atoms with E-state index in [1.807, 2.05) is 0 Å². The summed E-state index contributed by atoms with van der Waals surface area (Å²) in [5, 5.41) is 11.8. The molecule has 0 saturated heterocycles. The molecule has 180 valence electrons. The van der Waals surface area contributed by atoms with Crippen LogP contribution in [0.2, 0.25) is 0 Å². The first-order valence-corrected chi connectivity index (χ1v) is 11.5. The van der Waals surface area contributed by atoms with Crippen molar-refractivity contribution < 1.29 is 32.6 Å². The summed E-state index contributed by atoms with van der Waals surface area (Å²) in [7, 11) is 0. The molecule has 33 heavy (non-hydrogen) atoms. The summed E-state index contributed by atoms with van der Waals surface area (Å²) in [6.07, 6.45) is -4.89. The Morgan fingerprint density at radius 1 is 1.12 bits per heavy atom. The molecule has 0 aliphatic carbocycles. The number of carboxylic acids is 1. The van der Waals surface area contributed by atoms with E-state index < -0.39 is 29.4 Å². The van der Waals surface area contributed by atoms with E-state index in [1.54, 1.807) is 70.2 Å². The SMILES string of the molecule is CC(Oc1ccc(NC(=O)C(C)(C)C)cc1CSCC(F)(F)F)c1cccc(CC(=O)O)c1. The Kier molecular flexibility index (Phi) is 8.82. The number of benzene rings is 2. The second-order valence-electron chi connectivity index (χ2n) is 8.71. The van der Waals surface area contributed by atoms with Crippen molar-refractivity contribution in [2.75, 3.05) is 11.1 Å². The molecule has 0 saturated carbocycles. The largest absolute Gasteiger partial charge is 0.486 e. The summed E-state index contributed by atoms with van der Waals surface area (Å²) in [6, 6.07) is 11.9. The quantitative estimate of drug-likeness (QED) is 0.442. The highest BCUT2D eigenvalue weighted by Gasteiger charge is 2.27. The average molecular weight is 484 g/mol. The van der Waals surface area contributed by atoms with Crippen molar-refractivity contribution in [3.8, 4) is 5.75 Å². The number of rotatable bonds is 9. The van der Waals surface area contributed by atoms with Crippen molar-refractivity contribution in [3.05, 3.63) is 59.2 Å². The Labute approximate surface area is 195 Å². The number of carbonyl (C=O) groups excluding carboxylic acids is 1. The van der Waals surface area contributed by atoms with Crippen LogP contribution in [0.5, 0.6) is 5.75 Å². The van der Waals surface area contributed by atoms with E-state index in [-0.39, 0.29) is 18.1 Å². The van der Waals surface area contributed by atoms with Crippen LogP contribution in [0.3, 0.4) is 0 Å². The highest BCUT2D eigenvalue weighted by Crippen LogP contribution is 2.33. The monoisotopic (exact) mass is 483 g/mol. The van der Waals surface area contributed by atoms with Gasteiger partial charge in [0.1, 0.15) is 11.9 Å². The van der Waals surface area contributed by atoms with Crippen molar-refractivity contribution in [1.82, 2.24) is 0 Å². The van der Waals surface area contributed by atoms with Crippen LogP contribution < -0.4 is 10.1 Å². The maximum Gasteiger partial charge on any atom is 0.397 e. The lowest BCUT2D eigenvalue weighted by molar-refractivity contribution is -0.136. The highest BCUT2D eigenvalue weighted by atomic mass is 32.2. The first kappa shape index (κ1) is 26.6. The smallest absolute Gasteiger partial charge is 0.397 e. The third kappa shape index (κ3) is 9.00. The van der Waals surface area contributed by atoms with Crippen LogP contribution in [0, 0.1) is 5.41 Å². The Morgan fingerprint density at radius 2 is 1.82 bits per heavy atom. The number of hydrogen-bond acceptors (Lipinski definition) is 4. The van der Waals surface area contributed by atoms with E-state index in [2.05, 4.69) is 5.32 Å². The first-order valence-electron chi connectivity index (χ1n) is 10.3. The van der Waals surface area contributed by atoms with Crippen molar-refractivity contribution >= 4 is 29.3 Å². The number of aliphatic carboxylic acids is 1. The van der Waals surface area contributed by atoms with Gasteiger partial charge in [-0.15, -0.1) is 11.8 Å². The van der Waals surface area contributed by atoms with Crippen LogP contribution in [0.15, 0.2) is 42.5 Å². The molecular weight excluding hydrogens is 455 g/mol. The molecule has 2 aromatic rings. The lowest BCUT2D eigenvalue weighted by atomic mass is 9.95. The molecule has 0 radical (unpaired) electrons. The minimum Gasteiger partial charge on any atom is -0.486 e. The summed E-state index contributed by atoms with van der Waals surface area (Å²) >= 11 is 0.710. The van der Waals surface area contributed by atoms with Crippen molar-refractivity contribution in [2.45, 2.75) is 52.1 Å². The van der Waals surface area contributed by atoms with Gasteiger partial charge in [-0.25, -0.2) is 0 Å². The first-order chi connectivity index (χ1) is 15.2. The van der Waals surface area contributed by atoms with Crippen LogP contribution in [-0.4, -0.2) is 28.9 Å². The number of alkyl halides is 3. The van der Waals surface area contributed by atoms with Gasteiger partial charge in [-0.3, -0.25) is 9.59 Å². The number of nitrogens with one attached hydrogen (secondary N) is 1. The standard InChI is InChI=1S/C24H28F3NO4S/c1-15(17-7-5-6-16(10-17)11-21(29)30)32-20-9-8-19(28-22(31)23(2,3)4)12-18(20)13-33-14-24(25,26)27/h5-10,12,15H,11,13-14H2,1-4H3,(H,28,31)(H,29,30). The highest BCUT2D eigenvalue weighted by molar-refractivity contribution is 7.98. The van der Waals surface area contributed by atoms with Crippen LogP contribution in [0.25, 0.3) is 0 Å². The summed E-state index contributed by atoms with van der Waals surface area (Å²) < 4.78 is 44.0. The van der Waals surface area contributed by atoms with E-state index in [0.29, 0.717) is 34.3 Å². The van der Waals surface area contributed by atoms with Gasteiger partial charge in [0, 0.05) is 22.4 Å². The second-order valence-corrected chi connectivity index (χ2v) is 9.70. The molecule has 0 aliphatic heterocycles. The van der Waals surface area contributed by atoms with Gasteiger partial charge in [-0.1, -0.05) is 45.0 Å². The van der Waals surface area contributed by atoms with Gasteiger partial charge in [-0.05, 0) is 36.2 Å². The van der Waals surface area contributed by atoms with Gasteiger partial charge in [0.15, 0.2) is 0 Å². The number of carbonyl (C=O) groups is 2. The van der Waals surface area contributed by atoms with Gasteiger partial charge in [0.2, 0.25) is 5.91 Å². The van der Waals surface area contributed by atoms with Crippen molar-refractivity contribution in [2.24, 2.45) is 5.41 Å². The predicted octanol–water partition coefficient (Wildman–Crippen LogP) is 6.23. The fourth-order valence-electron chi connectivity index (χ4n) is 2.87. The van der Waals surface area contributed by atoms with Crippen LogP contribution >= 0.6 is 11.8 Å². The minimum absolute atomic E-state index is 0.0415. The van der Waals surface area contributed by atoms with Crippen LogP contribution in [0.1, 0.15) is 50.5 Å². The van der Waals surface area contributed by atoms with Crippen molar-refractivity contribution in [1.29, 1.82) is 0 Å². The zero-order chi connectivity index (χ0) is 24.8. The molecule has 0 spiro atoms. The van der Waals surface area contributed by atoms with Gasteiger partial charge in [0.05, 0.1) is 12.2 Å². The van der Waals surface area contributed by atoms with Crippen LogP contribution in [0.4, 0.5) is 18.9 Å². The number of thioether (sulfide) groups is 1. The summed E-state index contributed by atoms with van der Waals surface area (Å²) in [5.41, 5.74) is 1.73. The Hall–Kier alpha value is -2.68. The number of ether oxygens (including phenoxy) is 1. The van der Waals surface area contributed by atoms with Gasteiger partial charge >= 0.3 is 12.1 Å². The average Bonchev–Trinajstić information content (AvgIpc) is 2.67. The number of halogens is 3. The maximum atomic E-state index is 12.7. The molecule has 0 heterocycles. The molecule has 2 aromatic carbocycles. The number of amides is 1. The molecule has 2 N–H and O–H groups in total. The van der Waals surface area contributed by atoms with E-state index in [9.17, 15) is 22.8 Å². The molecule has 1 unspecified atom stereocenters. The minimum atomic E-state index is -4.29. The van der Waals surface area contributed by atoms with E-state index in [0.717, 1.165) is 5.56 Å². The third-order valence-electron chi connectivity index (χ3n) is 4.60. The van der Waals surface area contributed by atoms with E-state index >= 15 is 0 Å². The molecule has 5 nitrogen and oxygen atoms in total. The maximum absolute atomic E-state index is 12.7. The Bertz CT molecular complexity index is 986. The molecule has 1 atom stereocenters. The second kappa shape index (κ2) is 11.0. The summed E-state index contributed by atoms with van der Waals surface area (Å²) in [4.78, 5) is 23.3. The van der Waals surface area contributed by atoms with Gasteiger partial charge in [0.25, 0.3) is 0 Å². The zero-order valence-electron chi connectivity index (χ0n) is 19.0. The zero-order valence-corrected chi connectivity index (χ0v) is 19.8. The number of carboxylic acid groups (broad SMARTS) is 1. The molecule has 1 amide bonds. The lowest BCUT2D eigenvalue weighted by Gasteiger charge is -2.21. The molecule has 0 bridgehead atoms. The van der Waals surface area contributed by atoms with Crippen LogP contribution in [-0.2, 0) is 21.8 Å². The lowest BCUT2D eigenvalue weighted by Crippen LogP contribution is -2.27. The topological polar surface area (TPSA) is 75.6 Å². The molecule has 0 aliphatic rings. The predicted molar refractivity (Wildman–Crippen MR) is 124 cm³/mol. The molecule has 9 heteroatoms. The van der Waals surface area contributed by atoms with E-state index in [4.69, 9.17) is 9.84 Å². The summed E-state index contributed by atoms with van der Waals surface area (Å²) in [6.45, 7) is 7.07. The fourth-order valence-corrected chi connectivity index (χ4v) is 3.65. The Morgan fingerprint density at radius 3 is 2.42 bits per heavy atom. The van der Waals surface area contributed by atoms with Crippen molar-refractivity contribution in [3.63, 3.8) is 0 Å². The fraction of sp³-hybridized carbons (Fsp3) is 0.417. The summed E-state index contributed by atoms with van der Waals surface area (Å²) in [5.74, 6) is -1.72. The van der Waals surface area contributed by atoms with Gasteiger partial charge in [-0.2, -0.15) is 13.2 Å². The van der Waals surface area contributed by atoms with E-state index in [1.165, 1.54) is 0 Å². The number of hydrogen-bond donors (Lipinski definition) is 2. The third-order valence-corrected chi connectivity index (χ3v) is 5.65. The molecule has 0 fully saturated rings. The Balaban J connectivity index is 2.26. The molecule has 0 aromatic heterocycles. The number of anilines is 1. The molecule has 2 rings (SSSR count). The normalized spacial score (nSPS) is 12.8. The van der Waals surface area contributed by atoms with Gasteiger partial charge < -0.3 is 15.2 Å². The molecular formula is C24H28F3NO4S.